The molecule has 1 heterocycles. The number of hydrogen-bond acceptors (Lipinski definition) is 5. The molecule has 7 nitrogen and oxygen atoms in total. The summed E-state index contributed by atoms with van der Waals surface area (Å²) >= 11 is -2.37. The largest absolute Gasteiger partial charge is 0.755 e. The Bertz CT molecular complexity index is 508. The summed E-state index contributed by atoms with van der Waals surface area (Å²) in [5.41, 5.74) is 1.09. The fourth-order valence-electron chi connectivity index (χ4n) is 1.84. The Balaban J connectivity index is 2.42. The summed E-state index contributed by atoms with van der Waals surface area (Å²) in [7, 11) is 1.54. The quantitative estimate of drug-likeness (QED) is 0.461. The van der Waals surface area contributed by atoms with E-state index in [0.29, 0.717) is 30.2 Å². The molecule has 8 heteroatoms. The minimum absolute atomic E-state index is 0.00415. The third kappa shape index (κ3) is 2.51. The Morgan fingerprint density at radius 2 is 2.39 bits per heavy atom. The minimum atomic E-state index is -2.37. The maximum absolute atomic E-state index is 10.6. The number of ether oxygens (including phenoxy) is 1. The number of anilines is 1. The minimum Gasteiger partial charge on any atom is -0.755 e. The van der Waals surface area contributed by atoms with E-state index in [9.17, 15) is 8.76 Å². The average molecular weight is 270 g/mol. The molecular formula is C10H14N4O3S. The number of benzene rings is 1. The second-order valence-corrected chi connectivity index (χ2v) is 4.57. The Labute approximate surface area is 107 Å². The zero-order valence-electron chi connectivity index (χ0n) is 9.83. The van der Waals surface area contributed by atoms with Crippen molar-refractivity contribution >= 4 is 29.0 Å². The van der Waals surface area contributed by atoms with E-state index in [1.165, 1.54) is 7.11 Å². The summed E-state index contributed by atoms with van der Waals surface area (Å²) in [6, 6.07) is 4.92. The van der Waals surface area contributed by atoms with E-state index in [2.05, 4.69) is 9.71 Å². The number of quaternary nitrogens is 1. The Kier molecular flexibility index (Phi) is 3.62. The van der Waals surface area contributed by atoms with Gasteiger partial charge in [-0.3, -0.25) is 4.21 Å². The molecule has 0 saturated carbocycles. The molecule has 18 heavy (non-hydrogen) atoms. The highest BCUT2D eigenvalue weighted by molar-refractivity contribution is 7.80. The topological polar surface area (TPSA) is 99.8 Å². The van der Waals surface area contributed by atoms with Crippen LogP contribution in [0.1, 0.15) is 0 Å². The van der Waals surface area contributed by atoms with Crippen molar-refractivity contribution < 1.29 is 13.5 Å². The molecular weight excluding hydrogens is 256 g/mol. The van der Waals surface area contributed by atoms with Gasteiger partial charge in [-0.1, -0.05) is 0 Å². The van der Waals surface area contributed by atoms with Gasteiger partial charge in [0.05, 0.1) is 19.3 Å². The first-order valence-electron chi connectivity index (χ1n) is 5.27. The summed E-state index contributed by atoms with van der Waals surface area (Å²) in [4.78, 5) is 4.10. The van der Waals surface area contributed by atoms with Gasteiger partial charge in [-0.2, -0.15) is 10.4 Å². The first-order chi connectivity index (χ1) is 8.55. The van der Waals surface area contributed by atoms with Crippen LogP contribution in [0.15, 0.2) is 23.2 Å². The predicted molar refractivity (Wildman–Crippen MR) is 69.7 cm³/mol. The van der Waals surface area contributed by atoms with Crippen molar-refractivity contribution in [1.82, 2.24) is 4.59 Å². The predicted octanol–water partition coefficient (Wildman–Crippen LogP) is 0.124. The molecule has 2 atom stereocenters. The van der Waals surface area contributed by atoms with Crippen LogP contribution in [-0.2, 0) is 11.3 Å². The maximum atomic E-state index is 10.6. The second-order valence-electron chi connectivity index (χ2n) is 3.90. The van der Waals surface area contributed by atoms with Gasteiger partial charge in [0.2, 0.25) is 12.0 Å². The van der Waals surface area contributed by atoms with Crippen molar-refractivity contribution in [3.8, 4) is 5.75 Å². The van der Waals surface area contributed by atoms with Crippen LogP contribution in [0, 0.1) is 0 Å². The highest BCUT2D eigenvalue weighted by atomic mass is 32.2. The number of nitrogens with two attached hydrogens (primary N) is 1. The van der Waals surface area contributed by atoms with E-state index in [0.717, 1.165) is 0 Å². The lowest BCUT2D eigenvalue weighted by atomic mass is 10.2. The van der Waals surface area contributed by atoms with Crippen LogP contribution < -0.4 is 19.9 Å². The van der Waals surface area contributed by atoms with Crippen LogP contribution in [0.2, 0.25) is 0 Å². The molecule has 1 aromatic carbocycles. The van der Waals surface area contributed by atoms with Crippen molar-refractivity contribution in [3.05, 3.63) is 18.2 Å². The molecule has 0 fully saturated rings. The number of nitrogens with zero attached hydrogens (tertiary/aromatic N) is 2. The molecule has 0 bridgehead atoms. The van der Waals surface area contributed by atoms with Crippen molar-refractivity contribution in [3.63, 3.8) is 0 Å². The van der Waals surface area contributed by atoms with Crippen molar-refractivity contribution in [2.75, 3.05) is 24.9 Å². The Morgan fingerprint density at radius 3 is 2.94 bits per heavy atom. The van der Waals surface area contributed by atoms with Gasteiger partial charge in [-0.05, 0) is 12.1 Å². The molecule has 0 aromatic heterocycles. The van der Waals surface area contributed by atoms with Gasteiger partial charge in [0.15, 0.2) is 5.75 Å². The molecule has 3 N–H and O–H groups in total. The zero-order valence-corrected chi connectivity index (χ0v) is 10.6. The number of aliphatic imine (C=N–C) groups is 1. The monoisotopic (exact) mass is 270 g/mol. The van der Waals surface area contributed by atoms with Crippen LogP contribution in [0.25, 0.3) is 0 Å². The van der Waals surface area contributed by atoms with Crippen LogP contribution >= 0.6 is 0 Å². The summed E-state index contributed by atoms with van der Waals surface area (Å²) in [5.74, 6) is 6.77. The fraction of sp³-hybridized carbons (Fsp3) is 0.300. The second kappa shape index (κ2) is 5.02. The molecule has 1 aromatic rings. The van der Waals surface area contributed by atoms with E-state index in [1.54, 1.807) is 24.5 Å². The van der Waals surface area contributed by atoms with E-state index in [-0.39, 0.29) is 4.59 Å². The number of rotatable bonds is 4. The first kappa shape index (κ1) is 13.0. The summed E-state index contributed by atoms with van der Waals surface area (Å²) in [6.45, 7) is 1.24. The Morgan fingerprint density at radius 1 is 1.61 bits per heavy atom. The van der Waals surface area contributed by atoms with E-state index >= 15 is 0 Å². The average Bonchev–Trinajstić information content (AvgIpc) is 2.76. The smallest absolute Gasteiger partial charge is 0.210 e. The lowest BCUT2D eigenvalue weighted by Gasteiger charge is -2.25. The standard InChI is InChI=1S/C10H14N4O3S/c1-17-10-3-2-8(13-18(15)16)6-9(10)14(11)5-4-12-7-14/h2-3,6-7,13H,4-5,11H2,1H3. The lowest BCUT2D eigenvalue weighted by molar-refractivity contribution is 0.390. The summed E-state index contributed by atoms with van der Waals surface area (Å²) in [5, 5.41) is 0. The van der Waals surface area contributed by atoms with Gasteiger partial charge in [0, 0.05) is 17.3 Å². The molecule has 0 saturated heterocycles. The lowest BCUT2D eigenvalue weighted by Crippen LogP contribution is -2.53. The van der Waals surface area contributed by atoms with E-state index < -0.39 is 11.3 Å². The van der Waals surface area contributed by atoms with Gasteiger partial charge in [0.25, 0.3) is 0 Å². The number of hydrogen-bond donors (Lipinski definition) is 2. The normalized spacial score (nSPS) is 23.9. The van der Waals surface area contributed by atoms with Crippen LogP contribution in [0.3, 0.4) is 0 Å². The number of nitrogens with one attached hydrogen (secondary N) is 1. The molecule has 0 radical (unpaired) electrons. The third-order valence-electron chi connectivity index (χ3n) is 2.72. The van der Waals surface area contributed by atoms with Gasteiger partial charge in [0.1, 0.15) is 6.54 Å². The van der Waals surface area contributed by atoms with E-state index in [4.69, 9.17) is 10.6 Å². The SMILES string of the molecule is COc1ccc(NS(=O)[O-])cc1[N+]1(N)C=NCC1. The van der Waals surface area contributed by atoms with Crippen molar-refractivity contribution in [1.29, 1.82) is 0 Å². The highest BCUT2D eigenvalue weighted by Crippen LogP contribution is 2.34. The van der Waals surface area contributed by atoms with Crippen LogP contribution in [-0.4, -0.2) is 35.3 Å². The molecule has 1 aliphatic rings. The first-order valence-corrected chi connectivity index (χ1v) is 6.34. The Hall–Kier alpha value is -1.48. The molecule has 2 rings (SSSR count). The molecule has 98 valence electrons. The molecule has 0 spiro atoms. The number of methoxy groups -OCH3 is 1. The fourth-order valence-corrected chi connectivity index (χ4v) is 2.16. The summed E-state index contributed by atoms with van der Waals surface area (Å²) in [6.07, 6.45) is 1.62. The van der Waals surface area contributed by atoms with Gasteiger partial charge in [-0.15, -0.1) is 0 Å². The molecule has 0 amide bonds. The van der Waals surface area contributed by atoms with Gasteiger partial charge >= 0.3 is 0 Å². The summed E-state index contributed by atoms with van der Waals surface area (Å²) < 4.78 is 28.8. The maximum Gasteiger partial charge on any atom is 0.210 e. The molecule has 1 aliphatic heterocycles. The van der Waals surface area contributed by atoms with Crippen molar-refractivity contribution in [2.45, 2.75) is 0 Å². The van der Waals surface area contributed by atoms with Crippen molar-refractivity contribution in [2.24, 2.45) is 10.8 Å². The van der Waals surface area contributed by atoms with Gasteiger partial charge < -0.3 is 14.0 Å². The zero-order chi connectivity index (χ0) is 13.2. The van der Waals surface area contributed by atoms with Crippen LogP contribution in [0.4, 0.5) is 11.4 Å². The third-order valence-corrected chi connectivity index (χ3v) is 3.12. The highest BCUT2D eigenvalue weighted by Gasteiger charge is 2.32. The molecule has 2 unspecified atom stereocenters. The van der Waals surface area contributed by atoms with Gasteiger partial charge in [-0.25, -0.2) is 4.99 Å². The van der Waals surface area contributed by atoms with E-state index in [1.807, 2.05) is 0 Å². The molecule has 0 aliphatic carbocycles. The van der Waals surface area contributed by atoms with Crippen LogP contribution in [0.5, 0.6) is 5.75 Å².